The molecule has 0 bridgehead atoms. The number of piperidine rings is 1. The van der Waals surface area contributed by atoms with Crippen LogP contribution in [-0.4, -0.2) is 52.2 Å². The monoisotopic (exact) mass is 339 g/mol. The molecule has 1 amide bonds. The second kappa shape index (κ2) is 7.31. The molecule has 1 aliphatic rings. The van der Waals surface area contributed by atoms with Crippen LogP contribution in [0.15, 0.2) is 18.2 Å². The highest BCUT2D eigenvalue weighted by atomic mass is 32.2. The Hall–Kier alpha value is -1.60. The zero-order valence-electron chi connectivity index (χ0n) is 13.9. The molecule has 128 valence electrons. The first-order chi connectivity index (χ1) is 10.8. The van der Waals surface area contributed by atoms with Crippen LogP contribution in [0.2, 0.25) is 0 Å². The maximum Gasteiger partial charge on any atom is 0.253 e. The molecule has 1 aromatic rings. The lowest BCUT2D eigenvalue weighted by Gasteiger charge is -2.32. The van der Waals surface area contributed by atoms with E-state index in [4.69, 9.17) is 0 Å². The third-order valence-corrected chi connectivity index (χ3v) is 4.77. The van der Waals surface area contributed by atoms with E-state index in [0.29, 0.717) is 17.2 Å². The first-order valence-electron chi connectivity index (χ1n) is 7.82. The summed E-state index contributed by atoms with van der Waals surface area (Å²) < 4.78 is 25.3. The SMILES string of the molecule is CNCC1CCN(C(=O)c2ccc(C)c(NS(C)(=O)=O)c2)CC1. The van der Waals surface area contributed by atoms with Crippen molar-refractivity contribution >= 4 is 21.6 Å². The highest BCUT2D eigenvalue weighted by Gasteiger charge is 2.23. The Morgan fingerprint density at radius 2 is 1.96 bits per heavy atom. The lowest BCUT2D eigenvalue weighted by atomic mass is 9.96. The van der Waals surface area contributed by atoms with Crippen molar-refractivity contribution in [2.75, 3.05) is 37.7 Å². The van der Waals surface area contributed by atoms with Crippen LogP contribution < -0.4 is 10.0 Å². The van der Waals surface area contributed by atoms with Gasteiger partial charge >= 0.3 is 0 Å². The van der Waals surface area contributed by atoms with E-state index in [2.05, 4.69) is 10.0 Å². The highest BCUT2D eigenvalue weighted by Crippen LogP contribution is 2.22. The van der Waals surface area contributed by atoms with Gasteiger partial charge in [0.25, 0.3) is 5.91 Å². The Bertz CT molecular complexity index is 665. The first kappa shape index (κ1) is 17.7. The van der Waals surface area contributed by atoms with Crippen LogP contribution in [0.3, 0.4) is 0 Å². The van der Waals surface area contributed by atoms with Gasteiger partial charge in [-0.3, -0.25) is 9.52 Å². The van der Waals surface area contributed by atoms with E-state index in [1.165, 1.54) is 0 Å². The zero-order chi connectivity index (χ0) is 17.0. The predicted molar refractivity (Wildman–Crippen MR) is 92.2 cm³/mol. The molecule has 0 aliphatic carbocycles. The van der Waals surface area contributed by atoms with Gasteiger partial charge < -0.3 is 10.2 Å². The lowest BCUT2D eigenvalue weighted by Crippen LogP contribution is -2.40. The maximum atomic E-state index is 12.6. The number of likely N-dealkylation sites (tertiary alicyclic amines) is 1. The molecule has 1 aliphatic heterocycles. The number of benzene rings is 1. The number of amides is 1. The molecule has 0 spiro atoms. The molecule has 1 saturated heterocycles. The van der Waals surface area contributed by atoms with Crippen LogP contribution in [0.25, 0.3) is 0 Å². The number of nitrogens with zero attached hydrogens (tertiary/aromatic N) is 1. The van der Waals surface area contributed by atoms with Crippen LogP contribution in [-0.2, 0) is 10.0 Å². The highest BCUT2D eigenvalue weighted by molar-refractivity contribution is 7.92. The van der Waals surface area contributed by atoms with E-state index in [1.807, 2.05) is 18.9 Å². The molecule has 7 heteroatoms. The van der Waals surface area contributed by atoms with Gasteiger partial charge in [-0.25, -0.2) is 8.42 Å². The Labute approximate surface area is 138 Å². The Kier molecular flexibility index (Phi) is 5.64. The standard InChI is InChI=1S/C16H25N3O3S/c1-12-4-5-14(10-15(12)18-23(3,21)22)16(20)19-8-6-13(7-9-19)11-17-2/h4-5,10,13,17-18H,6-9,11H2,1-3H3. The molecule has 0 atom stereocenters. The van der Waals surface area contributed by atoms with Crippen molar-refractivity contribution in [2.45, 2.75) is 19.8 Å². The number of carbonyl (C=O) groups excluding carboxylic acids is 1. The van der Waals surface area contributed by atoms with Crippen molar-refractivity contribution < 1.29 is 13.2 Å². The van der Waals surface area contributed by atoms with Crippen LogP contribution >= 0.6 is 0 Å². The van der Waals surface area contributed by atoms with Gasteiger partial charge in [-0.05, 0) is 57.0 Å². The van der Waals surface area contributed by atoms with Crippen molar-refractivity contribution in [3.63, 3.8) is 0 Å². The van der Waals surface area contributed by atoms with Gasteiger partial charge in [-0.15, -0.1) is 0 Å². The van der Waals surface area contributed by atoms with Gasteiger partial charge in [-0.1, -0.05) is 6.07 Å². The van der Waals surface area contributed by atoms with E-state index in [9.17, 15) is 13.2 Å². The molecular formula is C16H25N3O3S. The van der Waals surface area contributed by atoms with E-state index in [0.717, 1.165) is 44.3 Å². The van der Waals surface area contributed by atoms with Gasteiger partial charge in [0, 0.05) is 18.7 Å². The fourth-order valence-corrected chi connectivity index (χ4v) is 3.50. The van der Waals surface area contributed by atoms with E-state index in [1.54, 1.807) is 18.2 Å². The van der Waals surface area contributed by atoms with Crippen LogP contribution in [0, 0.1) is 12.8 Å². The molecule has 0 aromatic heterocycles. The fraction of sp³-hybridized carbons (Fsp3) is 0.562. The summed E-state index contributed by atoms with van der Waals surface area (Å²) in [6.07, 6.45) is 3.09. The van der Waals surface area contributed by atoms with Gasteiger partial charge in [-0.2, -0.15) is 0 Å². The van der Waals surface area contributed by atoms with Crippen molar-refractivity contribution in [1.29, 1.82) is 0 Å². The van der Waals surface area contributed by atoms with E-state index >= 15 is 0 Å². The number of hydrogen-bond donors (Lipinski definition) is 2. The molecule has 1 fully saturated rings. The fourth-order valence-electron chi connectivity index (χ4n) is 2.88. The summed E-state index contributed by atoms with van der Waals surface area (Å²) in [5.74, 6) is 0.578. The molecule has 2 N–H and O–H groups in total. The molecular weight excluding hydrogens is 314 g/mol. The zero-order valence-corrected chi connectivity index (χ0v) is 14.7. The number of sulfonamides is 1. The number of anilines is 1. The number of carbonyl (C=O) groups is 1. The average molecular weight is 339 g/mol. The summed E-state index contributed by atoms with van der Waals surface area (Å²) in [7, 11) is -1.42. The number of nitrogens with one attached hydrogen (secondary N) is 2. The smallest absolute Gasteiger partial charge is 0.253 e. The average Bonchev–Trinajstić information content (AvgIpc) is 2.48. The molecule has 0 unspecified atom stereocenters. The Morgan fingerprint density at radius 3 is 2.52 bits per heavy atom. The number of hydrogen-bond acceptors (Lipinski definition) is 4. The summed E-state index contributed by atoms with van der Waals surface area (Å²) in [4.78, 5) is 14.5. The summed E-state index contributed by atoms with van der Waals surface area (Å²) in [6, 6.07) is 5.15. The summed E-state index contributed by atoms with van der Waals surface area (Å²) in [5, 5.41) is 3.18. The van der Waals surface area contributed by atoms with E-state index in [-0.39, 0.29) is 5.91 Å². The lowest BCUT2D eigenvalue weighted by molar-refractivity contribution is 0.0691. The Balaban J connectivity index is 2.10. The minimum absolute atomic E-state index is 0.0375. The minimum Gasteiger partial charge on any atom is -0.339 e. The second-order valence-corrected chi connectivity index (χ2v) is 7.95. The van der Waals surface area contributed by atoms with E-state index < -0.39 is 10.0 Å². The van der Waals surface area contributed by atoms with Crippen molar-refractivity contribution in [2.24, 2.45) is 5.92 Å². The topological polar surface area (TPSA) is 78.5 Å². The first-order valence-corrected chi connectivity index (χ1v) is 9.71. The van der Waals surface area contributed by atoms with Crippen LogP contribution in [0.4, 0.5) is 5.69 Å². The second-order valence-electron chi connectivity index (χ2n) is 6.20. The third-order valence-electron chi connectivity index (χ3n) is 4.17. The number of rotatable bonds is 5. The number of aryl methyl sites for hydroxylation is 1. The largest absolute Gasteiger partial charge is 0.339 e. The summed E-state index contributed by atoms with van der Waals surface area (Å²) >= 11 is 0. The minimum atomic E-state index is -3.36. The van der Waals surface area contributed by atoms with Crippen LogP contribution in [0.1, 0.15) is 28.8 Å². The van der Waals surface area contributed by atoms with Gasteiger partial charge in [0.05, 0.1) is 11.9 Å². The summed E-state index contributed by atoms with van der Waals surface area (Å²) in [5.41, 5.74) is 1.77. The van der Waals surface area contributed by atoms with Crippen molar-refractivity contribution in [1.82, 2.24) is 10.2 Å². The van der Waals surface area contributed by atoms with Gasteiger partial charge in [0.15, 0.2) is 0 Å². The quantitative estimate of drug-likeness (QED) is 0.851. The van der Waals surface area contributed by atoms with Crippen molar-refractivity contribution in [3.05, 3.63) is 29.3 Å². The predicted octanol–water partition coefficient (Wildman–Crippen LogP) is 1.44. The molecule has 2 rings (SSSR count). The van der Waals surface area contributed by atoms with Crippen molar-refractivity contribution in [3.8, 4) is 0 Å². The molecule has 1 heterocycles. The van der Waals surface area contributed by atoms with Gasteiger partial charge in [0.2, 0.25) is 10.0 Å². The molecule has 6 nitrogen and oxygen atoms in total. The molecule has 0 saturated carbocycles. The van der Waals surface area contributed by atoms with Crippen LogP contribution in [0.5, 0.6) is 0 Å². The normalized spacial score (nSPS) is 16.4. The summed E-state index contributed by atoms with van der Waals surface area (Å²) in [6.45, 7) is 4.28. The Morgan fingerprint density at radius 1 is 1.30 bits per heavy atom. The van der Waals surface area contributed by atoms with Gasteiger partial charge in [0.1, 0.15) is 0 Å². The third kappa shape index (κ3) is 4.94. The molecule has 23 heavy (non-hydrogen) atoms. The molecule has 0 radical (unpaired) electrons. The molecule has 1 aromatic carbocycles. The maximum absolute atomic E-state index is 12.6.